The van der Waals surface area contributed by atoms with E-state index in [1.165, 1.54) is 12.8 Å². The average molecular weight is 239 g/mol. The average Bonchev–Trinajstić information content (AvgIpc) is 2.73. The van der Waals surface area contributed by atoms with Crippen LogP contribution in [0.15, 0.2) is 17.1 Å². The lowest BCUT2D eigenvalue weighted by molar-refractivity contribution is -0.976. The summed E-state index contributed by atoms with van der Waals surface area (Å²) in [5.74, 6) is 0. The fourth-order valence-electron chi connectivity index (χ4n) is 2.51. The first-order valence-corrected chi connectivity index (χ1v) is 6.88. The molecule has 17 heavy (non-hydrogen) atoms. The number of rotatable bonds is 7. The van der Waals surface area contributed by atoms with Crippen molar-refractivity contribution in [2.45, 2.75) is 58.8 Å². The molecule has 0 spiro atoms. The van der Waals surface area contributed by atoms with E-state index in [2.05, 4.69) is 31.0 Å². The van der Waals surface area contributed by atoms with Crippen LogP contribution in [0, 0.1) is 0 Å². The van der Waals surface area contributed by atoms with Gasteiger partial charge in [-0.15, -0.1) is 0 Å². The molecule has 0 aromatic heterocycles. The van der Waals surface area contributed by atoms with E-state index in [1.807, 2.05) is 13.1 Å². The highest BCUT2D eigenvalue weighted by Gasteiger charge is 2.41. The van der Waals surface area contributed by atoms with Crippen molar-refractivity contribution in [3.63, 3.8) is 0 Å². The molecule has 0 aromatic carbocycles. The predicted octanol–water partition coefficient (Wildman–Crippen LogP) is 2.71. The summed E-state index contributed by atoms with van der Waals surface area (Å²) in [5.41, 5.74) is 0. The minimum atomic E-state index is -0.337. The molecule has 3 nitrogen and oxygen atoms in total. The standard InChI is InChI=1S/C14H27N2O/c1-4-6-7-8-9-10-14-15-11-12-16(14,5-2)13(3)17/h8-9,11,13-14,17H,4-7,10,12H2,1-3H3/q+1/b9-8+. The second-order valence-corrected chi connectivity index (χ2v) is 4.90. The largest absolute Gasteiger partial charge is 0.345 e. The van der Waals surface area contributed by atoms with Crippen molar-refractivity contribution in [3.8, 4) is 0 Å². The van der Waals surface area contributed by atoms with Gasteiger partial charge in [0.1, 0.15) is 6.54 Å². The third-order valence-corrected chi connectivity index (χ3v) is 3.86. The number of aliphatic imine (C=N–C) groups is 1. The minimum absolute atomic E-state index is 0.206. The first-order valence-electron chi connectivity index (χ1n) is 6.88. The number of nitrogens with zero attached hydrogens (tertiary/aromatic N) is 2. The number of aliphatic hydroxyl groups excluding tert-OH is 1. The Labute approximate surface area is 105 Å². The molecule has 1 aliphatic rings. The van der Waals surface area contributed by atoms with Crippen LogP contribution in [0.2, 0.25) is 0 Å². The van der Waals surface area contributed by atoms with E-state index in [4.69, 9.17) is 0 Å². The third-order valence-electron chi connectivity index (χ3n) is 3.86. The van der Waals surface area contributed by atoms with E-state index in [9.17, 15) is 5.11 Å². The number of quaternary nitrogens is 1. The van der Waals surface area contributed by atoms with Gasteiger partial charge in [0.05, 0.1) is 12.8 Å². The first kappa shape index (κ1) is 14.4. The van der Waals surface area contributed by atoms with E-state index in [-0.39, 0.29) is 12.4 Å². The molecule has 1 rings (SSSR count). The number of hydrogen-bond donors (Lipinski definition) is 1. The zero-order chi connectivity index (χ0) is 12.7. The lowest BCUT2D eigenvalue weighted by Crippen LogP contribution is -2.57. The highest BCUT2D eigenvalue weighted by Crippen LogP contribution is 2.25. The molecule has 3 unspecified atom stereocenters. The molecule has 98 valence electrons. The molecule has 3 atom stereocenters. The summed E-state index contributed by atoms with van der Waals surface area (Å²) in [6.45, 7) is 8.02. The Morgan fingerprint density at radius 1 is 1.47 bits per heavy atom. The van der Waals surface area contributed by atoms with E-state index in [0.717, 1.165) is 25.9 Å². The number of hydrogen-bond acceptors (Lipinski definition) is 2. The Kier molecular flexibility index (Phi) is 5.86. The third kappa shape index (κ3) is 3.39. The highest BCUT2D eigenvalue weighted by molar-refractivity contribution is 5.60. The van der Waals surface area contributed by atoms with Gasteiger partial charge in [-0.25, -0.2) is 4.99 Å². The van der Waals surface area contributed by atoms with E-state index >= 15 is 0 Å². The van der Waals surface area contributed by atoms with Crippen molar-refractivity contribution in [3.05, 3.63) is 12.2 Å². The van der Waals surface area contributed by atoms with E-state index < -0.39 is 0 Å². The smallest absolute Gasteiger partial charge is 0.189 e. The molecule has 0 aliphatic carbocycles. The Hall–Kier alpha value is -0.670. The van der Waals surface area contributed by atoms with Gasteiger partial charge in [-0.3, -0.25) is 4.48 Å². The summed E-state index contributed by atoms with van der Waals surface area (Å²) >= 11 is 0. The molecular weight excluding hydrogens is 212 g/mol. The molecular formula is C14H27N2O+. The highest BCUT2D eigenvalue weighted by atomic mass is 16.3. The van der Waals surface area contributed by atoms with Crippen LogP contribution in [0.4, 0.5) is 0 Å². The zero-order valence-corrected chi connectivity index (χ0v) is 11.5. The van der Waals surface area contributed by atoms with Gasteiger partial charge in [-0.1, -0.05) is 31.9 Å². The number of aliphatic hydroxyl groups is 1. The normalized spacial score (nSPS) is 30.2. The van der Waals surface area contributed by atoms with Gasteiger partial charge < -0.3 is 5.11 Å². The van der Waals surface area contributed by atoms with Crippen LogP contribution in [0.5, 0.6) is 0 Å². The predicted molar refractivity (Wildman–Crippen MR) is 72.9 cm³/mol. The molecule has 1 aliphatic heterocycles. The van der Waals surface area contributed by atoms with Gasteiger partial charge >= 0.3 is 0 Å². The Balaban J connectivity index is 2.51. The van der Waals surface area contributed by atoms with Crippen molar-refractivity contribution in [1.29, 1.82) is 0 Å². The fraction of sp³-hybridized carbons (Fsp3) is 0.786. The molecule has 1 heterocycles. The first-order chi connectivity index (χ1) is 8.17. The summed E-state index contributed by atoms with van der Waals surface area (Å²) in [6, 6.07) is 0. The molecule has 3 heteroatoms. The molecule has 0 amide bonds. The van der Waals surface area contributed by atoms with Gasteiger partial charge in [0.25, 0.3) is 0 Å². The summed E-state index contributed by atoms with van der Waals surface area (Å²) in [4.78, 5) is 4.54. The van der Waals surface area contributed by atoms with Crippen LogP contribution in [0.1, 0.15) is 46.5 Å². The van der Waals surface area contributed by atoms with Crippen LogP contribution in [0.3, 0.4) is 0 Å². The van der Waals surface area contributed by atoms with Gasteiger partial charge in [0.2, 0.25) is 0 Å². The van der Waals surface area contributed by atoms with Crippen LogP contribution >= 0.6 is 0 Å². The molecule has 1 N–H and O–H groups in total. The topological polar surface area (TPSA) is 32.6 Å². The van der Waals surface area contributed by atoms with Crippen molar-refractivity contribution in [2.75, 3.05) is 13.1 Å². The van der Waals surface area contributed by atoms with E-state index in [0.29, 0.717) is 4.48 Å². The minimum Gasteiger partial charge on any atom is -0.345 e. The maximum absolute atomic E-state index is 9.98. The van der Waals surface area contributed by atoms with Gasteiger partial charge in [0.15, 0.2) is 12.4 Å². The Morgan fingerprint density at radius 3 is 2.82 bits per heavy atom. The Morgan fingerprint density at radius 2 is 2.24 bits per heavy atom. The summed E-state index contributed by atoms with van der Waals surface area (Å²) < 4.78 is 0.693. The van der Waals surface area contributed by atoms with Crippen molar-refractivity contribution >= 4 is 6.21 Å². The van der Waals surface area contributed by atoms with Gasteiger partial charge in [-0.2, -0.15) is 0 Å². The van der Waals surface area contributed by atoms with Crippen molar-refractivity contribution in [1.82, 2.24) is 0 Å². The summed E-state index contributed by atoms with van der Waals surface area (Å²) in [5, 5.41) is 9.98. The molecule has 0 saturated carbocycles. The fourth-order valence-corrected chi connectivity index (χ4v) is 2.51. The second kappa shape index (κ2) is 6.92. The lowest BCUT2D eigenvalue weighted by atomic mass is 10.2. The van der Waals surface area contributed by atoms with Crippen LogP contribution < -0.4 is 0 Å². The maximum atomic E-state index is 9.98. The summed E-state index contributed by atoms with van der Waals surface area (Å²) in [6.07, 6.45) is 10.9. The van der Waals surface area contributed by atoms with Crippen LogP contribution in [-0.4, -0.2) is 41.3 Å². The molecule has 0 saturated heterocycles. The zero-order valence-electron chi connectivity index (χ0n) is 11.5. The van der Waals surface area contributed by atoms with Gasteiger partial charge in [0, 0.05) is 13.3 Å². The number of allylic oxidation sites excluding steroid dienone is 1. The monoisotopic (exact) mass is 239 g/mol. The number of unbranched alkanes of at least 4 members (excludes halogenated alkanes) is 2. The molecule has 0 radical (unpaired) electrons. The molecule has 0 bridgehead atoms. The van der Waals surface area contributed by atoms with Crippen LogP contribution in [-0.2, 0) is 0 Å². The molecule has 0 fully saturated rings. The van der Waals surface area contributed by atoms with Crippen molar-refractivity contribution < 1.29 is 9.59 Å². The Bertz CT molecular complexity index is 273. The maximum Gasteiger partial charge on any atom is 0.189 e. The van der Waals surface area contributed by atoms with Crippen LogP contribution in [0.25, 0.3) is 0 Å². The second-order valence-electron chi connectivity index (χ2n) is 4.90. The summed E-state index contributed by atoms with van der Waals surface area (Å²) in [7, 11) is 0. The molecule has 0 aromatic rings. The SMILES string of the molecule is CCCC/C=C/CC1N=CC[N+]1(CC)C(C)O. The quantitative estimate of drug-likeness (QED) is 0.413. The lowest BCUT2D eigenvalue weighted by Gasteiger charge is -2.39. The van der Waals surface area contributed by atoms with Gasteiger partial charge in [-0.05, 0) is 13.3 Å². The van der Waals surface area contributed by atoms with E-state index in [1.54, 1.807) is 0 Å². The van der Waals surface area contributed by atoms with Crippen molar-refractivity contribution in [2.24, 2.45) is 4.99 Å².